The molecule has 3 rings (SSSR count). The van der Waals surface area contributed by atoms with Gasteiger partial charge in [-0.1, -0.05) is 12.1 Å². The van der Waals surface area contributed by atoms with Crippen LogP contribution in [-0.2, 0) is 17.9 Å². The van der Waals surface area contributed by atoms with Crippen molar-refractivity contribution in [1.82, 2.24) is 4.90 Å². The highest BCUT2D eigenvalue weighted by Gasteiger charge is 2.18. The molecule has 0 aliphatic rings. The number of furan rings is 2. The standard InChI is InChI=1S/C20H21NO4/c1-15-6-3-9-19(16(15)2)25-14-20(22)21(12-17-7-4-10-23-17)13-18-8-5-11-24-18/h3-11H,12-14H2,1-2H3. The van der Waals surface area contributed by atoms with Crippen LogP contribution in [0.3, 0.4) is 0 Å². The third-order valence-corrected chi connectivity index (χ3v) is 4.11. The molecule has 0 atom stereocenters. The molecule has 0 saturated heterocycles. The third kappa shape index (κ3) is 4.32. The summed E-state index contributed by atoms with van der Waals surface area (Å²) in [5.74, 6) is 2.02. The van der Waals surface area contributed by atoms with Crippen LogP contribution in [0.1, 0.15) is 22.6 Å². The summed E-state index contributed by atoms with van der Waals surface area (Å²) >= 11 is 0. The van der Waals surface area contributed by atoms with Gasteiger partial charge in [0.1, 0.15) is 17.3 Å². The Morgan fingerprint density at radius 3 is 2.16 bits per heavy atom. The molecule has 0 fully saturated rings. The number of amides is 1. The third-order valence-electron chi connectivity index (χ3n) is 4.11. The van der Waals surface area contributed by atoms with E-state index in [1.54, 1.807) is 29.6 Å². The maximum Gasteiger partial charge on any atom is 0.261 e. The van der Waals surface area contributed by atoms with Crippen molar-refractivity contribution in [3.05, 3.63) is 77.6 Å². The van der Waals surface area contributed by atoms with Crippen LogP contribution in [0.4, 0.5) is 0 Å². The normalized spacial score (nSPS) is 10.6. The van der Waals surface area contributed by atoms with Gasteiger partial charge in [0, 0.05) is 0 Å². The molecule has 3 aromatic rings. The lowest BCUT2D eigenvalue weighted by Gasteiger charge is -2.21. The van der Waals surface area contributed by atoms with Crippen LogP contribution in [0.15, 0.2) is 63.8 Å². The van der Waals surface area contributed by atoms with Crippen LogP contribution in [0.5, 0.6) is 5.75 Å². The summed E-state index contributed by atoms with van der Waals surface area (Å²) in [5, 5.41) is 0. The molecule has 130 valence electrons. The SMILES string of the molecule is Cc1cccc(OCC(=O)N(Cc2ccco2)Cc2ccco2)c1C. The summed E-state index contributed by atoms with van der Waals surface area (Å²) in [5.41, 5.74) is 2.17. The first-order chi connectivity index (χ1) is 12.1. The van der Waals surface area contributed by atoms with Gasteiger partial charge in [-0.15, -0.1) is 0 Å². The van der Waals surface area contributed by atoms with E-state index in [9.17, 15) is 4.79 Å². The molecule has 0 saturated carbocycles. The fourth-order valence-corrected chi connectivity index (χ4v) is 2.52. The van der Waals surface area contributed by atoms with Crippen molar-refractivity contribution in [2.24, 2.45) is 0 Å². The van der Waals surface area contributed by atoms with E-state index in [1.165, 1.54) is 0 Å². The van der Waals surface area contributed by atoms with Crippen molar-refractivity contribution in [3.8, 4) is 5.75 Å². The van der Waals surface area contributed by atoms with E-state index in [0.717, 1.165) is 16.9 Å². The number of carbonyl (C=O) groups is 1. The summed E-state index contributed by atoms with van der Waals surface area (Å²) in [6, 6.07) is 13.1. The molecule has 0 spiro atoms. The molecular weight excluding hydrogens is 318 g/mol. The minimum atomic E-state index is -0.131. The smallest absolute Gasteiger partial charge is 0.261 e. The number of hydrogen-bond acceptors (Lipinski definition) is 4. The van der Waals surface area contributed by atoms with Crippen molar-refractivity contribution < 1.29 is 18.4 Å². The molecule has 0 radical (unpaired) electrons. The van der Waals surface area contributed by atoms with E-state index in [1.807, 2.05) is 44.2 Å². The second kappa shape index (κ2) is 7.75. The molecule has 5 nitrogen and oxygen atoms in total. The van der Waals surface area contributed by atoms with Crippen molar-refractivity contribution >= 4 is 5.91 Å². The molecular formula is C20H21NO4. The molecule has 0 N–H and O–H groups in total. The number of nitrogens with zero attached hydrogens (tertiary/aromatic N) is 1. The lowest BCUT2D eigenvalue weighted by molar-refractivity contribution is -0.135. The van der Waals surface area contributed by atoms with Crippen LogP contribution in [-0.4, -0.2) is 17.4 Å². The highest BCUT2D eigenvalue weighted by Crippen LogP contribution is 2.21. The summed E-state index contributed by atoms with van der Waals surface area (Å²) in [6.45, 7) is 4.69. The van der Waals surface area contributed by atoms with Gasteiger partial charge < -0.3 is 18.5 Å². The highest BCUT2D eigenvalue weighted by molar-refractivity contribution is 5.77. The molecule has 0 bridgehead atoms. The summed E-state index contributed by atoms with van der Waals surface area (Å²) < 4.78 is 16.5. The van der Waals surface area contributed by atoms with Gasteiger partial charge in [0.25, 0.3) is 5.91 Å². The van der Waals surface area contributed by atoms with Crippen LogP contribution < -0.4 is 4.74 Å². The molecule has 0 unspecified atom stereocenters. The monoisotopic (exact) mass is 339 g/mol. The van der Waals surface area contributed by atoms with Crippen LogP contribution >= 0.6 is 0 Å². The summed E-state index contributed by atoms with van der Waals surface area (Å²) in [7, 11) is 0. The minimum Gasteiger partial charge on any atom is -0.483 e. The number of carbonyl (C=O) groups excluding carboxylic acids is 1. The Bertz CT molecular complexity index is 770. The van der Waals surface area contributed by atoms with Gasteiger partial charge >= 0.3 is 0 Å². The maximum atomic E-state index is 12.7. The van der Waals surface area contributed by atoms with Crippen molar-refractivity contribution in [2.75, 3.05) is 6.61 Å². The highest BCUT2D eigenvalue weighted by atomic mass is 16.5. The molecule has 1 amide bonds. The second-order valence-corrected chi connectivity index (χ2v) is 5.90. The average molecular weight is 339 g/mol. The zero-order valence-electron chi connectivity index (χ0n) is 14.4. The second-order valence-electron chi connectivity index (χ2n) is 5.90. The van der Waals surface area contributed by atoms with E-state index in [4.69, 9.17) is 13.6 Å². The number of hydrogen-bond donors (Lipinski definition) is 0. The molecule has 0 aliphatic heterocycles. The summed E-state index contributed by atoms with van der Waals surface area (Å²) in [4.78, 5) is 14.3. The maximum absolute atomic E-state index is 12.7. The first-order valence-corrected chi connectivity index (χ1v) is 8.15. The van der Waals surface area contributed by atoms with E-state index >= 15 is 0 Å². The van der Waals surface area contributed by atoms with Crippen molar-refractivity contribution in [1.29, 1.82) is 0 Å². The molecule has 2 aromatic heterocycles. The zero-order chi connectivity index (χ0) is 17.6. The Morgan fingerprint density at radius 1 is 0.960 bits per heavy atom. The molecule has 2 heterocycles. The predicted octanol–water partition coefficient (Wildman–Crippen LogP) is 4.10. The van der Waals surface area contributed by atoms with Crippen molar-refractivity contribution in [2.45, 2.75) is 26.9 Å². The Labute approximate surface area is 146 Å². The van der Waals surface area contributed by atoms with Crippen LogP contribution in [0, 0.1) is 13.8 Å². The molecule has 25 heavy (non-hydrogen) atoms. The lowest BCUT2D eigenvalue weighted by Crippen LogP contribution is -2.34. The lowest BCUT2D eigenvalue weighted by atomic mass is 10.1. The fraction of sp³-hybridized carbons (Fsp3) is 0.250. The van der Waals surface area contributed by atoms with E-state index in [-0.39, 0.29) is 12.5 Å². The zero-order valence-corrected chi connectivity index (χ0v) is 14.4. The average Bonchev–Trinajstić information content (AvgIpc) is 3.29. The predicted molar refractivity (Wildman–Crippen MR) is 93.1 cm³/mol. The van der Waals surface area contributed by atoms with E-state index in [0.29, 0.717) is 24.6 Å². The topological polar surface area (TPSA) is 55.8 Å². The van der Waals surface area contributed by atoms with E-state index in [2.05, 4.69) is 0 Å². The Kier molecular flexibility index (Phi) is 5.23. The number of aryl methyl sites for hydroxylation is 1. The largest absolute Gasteiger partial charge is 0.483 e. The first-order valence-electron chi connectivity index (χ1n) is 8.15. The van der Waals surface area contributed by atoms with Gasteiger partial charge in [-0.2, -0.15) is 0 Å². The number of rotatable bonds is 7. The number of benzene rings is 1. The van der Waals surface area contributed by atoms with Crippen LogP contribution in [0.25, 0.3) is 0 Å². The Morgan fingerprint density at radius 2 is 1.60 bits per heavy atom. The van der Waals surface area contributed by atoms with Gasteiger partial charge in [0.15, 0.2) is 6.61 Å². The Hall–Kier alpha value is -2.95. The van der Waals surface area contributed by atoms with Gasteiger partial charge in [-0.25, -0.2) is 0 Å². The Balaban J connectivity index is 1.68. The molecule has 5 heteroatoms. The quantitative estimate of drug-likeness (QED) is 0.650. The fourth-order valence-electron chi connectivity index (χ4n) is 2.52. The van der Waals surface area contributed by atoms with Gasteiger partial charge in [0.05, 0.1) is 25.6 Å². The van der Waals surface area contributed by atoms with Gasteiger partial charge in [0.2, 0.25) is 0 Å². The summed E-state index contributed by atoms with van der Waals surface area (Å²) in [6.07, 6.45) is 3.19. The molecule has 0 aliphatic carbocycles. The van der Waals surface area contributed by atoms with Crippen LogP contribution in [0.2, 0.25) is 0 Å². The van der Waals surface area contributed by atoms with Crippen molar-refractivity contribution in [3.63, 3.8) is 0 Å². The first kappa shape index (κ1) is 16.9. The number of ether oxygens (including phenoxy) is 1. The minimum absolute atomic E-state index is 0.0360. The van der Waals surface area contributed by atoms with Gasteiger partial charge in [-0.05, 0) is 55.3 Å². The molecule has 1 aromatic carbocycles. The van der Waals surface area contributed by atoms with Gasteiger partial charge in [-0.3, -0.25) is 4.79 Å². The van der Waals surface area contributed by atoms with E-state index < -0.39 is 0 Å².